The number of rotatable bonds is 15. The number of phenols is 1. The summed E-state index contributed by atoms with van der Waals surface area (Å²) in [6.45, 7) is 3.49. The molecule has 1 saturated heterocycles. The van der Waals surface area contributed by atoms with E-state index in [0.717, 1.165) is 48.4 Å². The van der Waals surface area contributed by atoms with Gasteiger partial charge in [0, 0.05) is 31.7 Å². The molecule has 0 saturated carbocycles. The van der Waals surface area contributed by atoms with E-state index >= 15 is 0 Å². The van der Waals surface area contributed by atoms with Crippen LogP contribution in [0.2, 0.25) is 0 Å². The Bertz CT molecular complexity index is 1270. The molecule has 8 nitrogen and oxygen atoms in total. The van der Waals surface area contributed by atoms with Gasteiger partial charge in [-0.15, -0.1) is 0 Å². The van der Waals surface area contributed by atoms with E-state index in [4.69, 9.17) is 18.9 Å². The number of benzene rings is 3. The lowest BCUT2D eigenvalue weighted by Crippen LogP contribution is -2.41. The average molecular weight is 591 g/mol. The monoisotopic (exact) mass is 590 g/mol. The Morgan fingerprint density at radius 1 is 0.930 bits per heavy atom. The van der Waals surface area contributed by atoms with Gasteiger partial charge in [0.15, 0.2) is 6.29 Å². The Morgan fingerprint density at radius 3 is 2.26 bits per heavy atom. The molecular formula is C35H46N2O6. The number of nitrogens with zero attached hydrogens (tertiary/aromatic N) is 2. The van der Waals surface area contributed by atoms with Gasteiger partial charge in [0.25, 0.3) is 0 Å². The Hall–Kier alpha value is -3.43. The maximum Gasteiger partial charge on any atom is 0.225 e. The van der Waals surface area contributed by atoms with Crippen molar-refractivity contribution in [1.82, 2.24) is 9.80 Å². The van der Waals surface area contributed by atoms with Crippen LogP contribution in [0.15, 0.2) is 72.8 Å². The van der Waals surface area contributed by atoms with Crippen molar-refractivity contribution < 1.29 is 28.8 Å². The van der Waals surface area contributed by atoms with Crippen LogP contribution in [0.3, 0.4) is 0 Å². The van der Waals surface area contributed by atoms with Gasteiger partial charge in [0.05, 0.1) is 33.3 Å². The smallest absolute Gasteiger partial charge is 0.225 e. The summed E-state index contributed by atoms with van der Waals surface area (Å²) >= 11 is 0. The Morgan fingerprint density at radius 2 is 1.60 bits per heavy atom. The number of hydrogen-bond acceptors (Lipinski definition) is 7. The summed E-state index contributed by atoms with van der Waals surface area (Å²) in [7, 11) is 6.91. The molecular weight excluding hydrogens is 544 g/mol. The van der Waals surface area contributed by atoms with Crippen molar-refractivity contribution in [2.45, 2.75) is 43.9 Å². The first-order valence-electron chi connectivity index (χ1n) is 15.0. The van der Waals surface area contributed by atoms with E-state index < -0.39 is 6.29 Å². The summed E-state index contributed by atoms with van der Waals surface area (Å²) in [5, 5.41) is 11.0. The fourth-order valence-electron chi connectivity index (χ4n) is 5.83. The lowest BCUT2D eigenvalue weighted by Gasteiger charge is -2.42. The van der Waals surface area contributed by atoms with Crippen LogP contribution < -0.4 is 4.74 Å². The number of amides is 1. The fraction of sp³-hybridized carbons (Fsp3) is 0.457. The highest BCUT2D eigenvalue weighted by Gasteiger charge is 2.39. The maximum absolute atomic E-state index is 13.2. The summed E-state index contributed by atoms with van der Waals surface area (Å²) in [5.74, 6) is 1.07. The van der Waals surface area contributed by atoms with Gasteiger partial charge in [-0.2, -0.15) is 0 Å². The van der Waals surface area contributed by atoms with E-state index in [0.29, 0.717) is 38.5 Å². The minimum Gasteiger partial charge on any atom is -0.508 e. The predicted octanol–water partition coefficient (Wildman–Crippen LogP) is 5.01. The summed E-state index contributed by atoms with van der Waals surface area (Å²) in [5.41, 5.74) is 4.10. The molecule has 0 spiro atoms. The molecule has 1 aliphatic heterocycles. The molecule has 1 amide bonds. The van der Waals surface area contributed by atoms with E-state index in [1.165, 1.54) is 5.56 Å². The molecule has 1 N–H and O–H groups in total. The second-order valence-electron chi connectivity index (χ2n) is 11.2. The van der Waals surface area contributed by atoms with E-state index in [1.807, 2.05) is 42.5 Å². The fourth-order valence-corrected chi connectivity index (χ4v) is 5.83. The zero-order valence-corrected chi connectivity index (χ0v) is 26.0. The lowest BCUT2D eigenvalue weighted by molar-refractivity contribution is -0.147. The van der Waals surface area contributed by atoms with Gasteiger partial charge in [-0.1, -0.05) is 54.6 Å². The highest BCUT2D eigenvalue weighted by molar-refractivity contribution is 5.76. The highest BCUT2D eigenvalue weighted by Crippen LogP contribution is 2.45. The van der Waals surface area contributed by atoms with E-state index in [2.05, 4.69) is 42.3 Å². The molecule has 0 aliphatic carbocycles. The normalized spacial score (nSPS) is 15.0. The van der Waals surface area contributed by atoms with Crippen molar-refractivity contribution in [2.75, 3.05) is 61.2 Å². The quantitative estimate of drug-likeness (QED) is 0.197. The van der Waals surface area contributed by atoms with Crippen LogP contribution in [-0.2, 0) is 37.4 Å². The van der Waals surface area contributed by atoms with Crippen LogP contribution >= 0.6 is 0 Å². The zero-order chi connectivity index (χ0) is 30.7. The average Bonchev–Trinajstić information content (AvgIpc) is 3.04. The van der Waals surface area contributed by atoms with Gasteiger partial charge >= 0.3 is 0 Å². The molecule has 3 aromatic carbocycles. The highest BCUT2D eigenvalue weighted by atomic mass is 16.7. The van der Waals surface area contributed by atoms with Gasteiger partial charge in [-0.05, 0) is 74.3 Å². The van der Waals surface area contributed by atoms with E-state index in [1.54, 1.807) is 26.2 Å². The third kappa shape index (κ3) is 8.57. The predicted molar refractivity (Wildman–Crippen MR) is 167 cm³/mol. The van der Waals surface area contributed by atoms with Crippen molar-refractivity contribution in [3.05, 3.63) is 95.1 Å². The van der Waals surface area contributed by atoms with Crippen LogP contribution in [0, 0.1) is 0 Å². The molecule has 0 unspecified atom stereocenters. The topological polar surface area (TPSA) is 80.7 Å². The molecule has 1 heterocycles. The summed E-state index contributed by atoms with van der Waals surface area (Å²) in [6.07, 6.45) is 2.32. The number of piperidine rings is 1. The van der Waals surface area contributed by atoms with Crippen LogP contribution in [-0.4, -0.2) is 88.3 Å². The van der Waals surface area contributed by atoms with Crippen molar-refractivity contribution in [3.8, 4) is 11.5 Å². The van der Waals surface area contributed by atoms with Crippen molar-refractivity contribution >= 4 is 5.91 Å². The minimum atomic E-state index is -0.518. The standard InChI is InChI=1S/C35H46N2O6/c1-36-20-18-35(19-21-36,29-8-6-5-7-9-29)31-24-27(12-15-32(31)38)16-22-43-23-17-33(39)37(26-34(41-3)42-4)25-28-10-13-30(40-2)14-11-28/h5-15,24,34,38H,16-23,25-26H2,1-4H3. The van der Waals surface area contributed by atoms with Crippen LogP contribution in [0.1, 0.15) is 41.5 Å². The minimum absolute atomic E-state index is 0.0334. The molecule has 0 aromatic heterocycles. The van der Waals surface area contributed by atoms with Gasteiger partial charge in [0.2, 0.25) is 5.91 Å². The van der Waals surface area contributed by atoms with Gasteiger partial charge in [-0.3, -0.25) is 4.79 Å². The first kappa shape index (κ1) is 32.5. The molecule has 0 atom stereocenters. The molecule has 232 valence electrons. The molecule has 8 heteroatoms. The van der Waals surface area contributed by atoms with Gasteiger partial charge in [-0.25, -0.2) is 0 Å². The molecule has 43 heavy (non-hydrogen) atoms. The summed E-state index contributed by atoms with van der Waals surface area (Å²) < 4.78 is 21.9. The largest absolute Gasteiger partial charge is 0.508 e. The number of ether oxygens (including phenoxy) is 4. The van der Waals surface area contributed by atoms with Gasteiger partial charge in [0.1, 0.15) is 11.5 Å². The molecule has 4 rings (SSSR count). The van der Waals surface area contributed by atoms with Crippen molar-refractivity contribution in [1.29, 1.82) is 0 Å². The maximum atomic E-state index is 13.2. The first-order chi connectivity index (χ1) is 20.9. The Labute approximate surface area is 256 Å². The number of phenolic OH excluding ortho intramolecular Hbond substituents is 1. The number of carbonyl (C=O) groups excluding carboxylic acids is 1. The second-order valence-corrected chi connectivity index (χ2v) is 11.2. The van der Waals surface area contributed by atoms with E-state index in [-0.39, 0.29) is 17.7 Å². The van der Waals surface area contributed by atoms with Crippen molar-refractivity contribution in [3.63, 3.8) is 0 Å². The zero-order valence-electron chi connectivity index (χ0n) is 26.0. The molecule has 3 aromatic rings. The number of likely N-dealkylation sites (tertiary alicyclic amines) is 1. The summed E-state index contributed by atoms with van der Waals surface area (Å²) in [4.78, 5) is 17.3. The molecule has 1 fully saturated rings. The third-order valence-corrected chi connectivity index (χ3v) is 8.52. The number of hydrogen-bond donors (Lipinski definition) is 1. The Balaban J connectivity index is 1.36. The number of carbonyl (C=O) groups is 1. The third-order valence-electron chi connectivity index (χ3n) is 8.52. The SMILES string of the molecule is COc1ccc(CN(CC(OC)OC)C(=O)CCOCCc2ccc(O)c(C3(c4ccccc4)CCN(C)CC3)c2)cc1. The number of methoxy groups -OCH3 is 3. The number of aromatic hydroxyl groups is 1. The van der Waals surface area contributed by atoms with Crippen LogP contribution in [0.5, 0.6) is 11.5 Å². The lowest BCUT2D eigenvalue weighted by atomic mass is 9.67. The van der Waals surface area contributed by atoms with Crippen LogP contribution in [0.4, 0.5) is 0 Å². The van der Waals surface area contributed by atoms with Gasteiger partial charge < -0.3 is 33.9 Å². The Kier molecular flexibility index (Phi) is 12.0. The summed E-state index contributed by atoms with van der Waals surface area (Å²) in [6, 6.07) is 24.1. The molecule has 0 radical (unpaired) electrons. The molecule has 1 aliphatic rings. The van der Waals surface area contributed by atoms with Crippen LogP contribution in [0.25, 0.3) is 0 Å². The molecule has 0 bridgehead atoms. The van der Waals surface area contributed by atoms with Crippen molar-refractivity contribution in [2.24, 2.45) is 0 Å². The first-order valence-corrected chi connectivity index (χ1v) is 15.0. The second kappa shape index (κ2) is 15.9. The van der Waals surface area contributed by atoms with E-state index in [9.17, 15) is 9.90 Å².